The van der Waals surface area contributed by atoms with Crippen molar-refractivity contribution < 1.29 is 9.53 Å². The first-order chi connectivity index (χ1) is 7.97. The van der Waals surface area contributed by atoms with Crippen molar-refractivity contribution in [1.82, 2.24) is 5.32 Å². The molecule has 17 heavy (non-hydrogen) atoms. The minimum atomic E-state index is -0.265. The Balaban J connectivity index is 2.41. The molecule has 1 unspecified atom stereocenters. The summed E-state index contributed by atoms with van der Waals surface area (Å²) in [7, 11) is 1.66. The number of rotatable bonds is 6. The molecule has 3 N–H and O–H groups in total. The number of nitrogens with two attached hydrogens (primary N) is 1. The molecule has 0 heterocycles. The van der Waals surface area contributed by atoms with Gasteiger partial charge < -0.3 is 15.8 Å². The van der Waals surface area contributed by atoms with Crippen molar-refractivity contribution >= 4 is 5.91 Å². The highest BCUT2D eigenvalue weighted by Crippen LogP contribution is 2.29. The number of hydrogen-bond donors (Lipinski definition) is 2. The summed E-state index contributed by atoms with van der Waals surface area (Å²) >= 11 is 0. The molecule has 1 aliphatic rings. The van der Waals surface area contributed by atoms with Crippen LogP contribution in [0.5, 0.6) is 0 Å². The Hall–Kier alpha value is -0.610. The Morgan fingerprint density at radius 3 is 2.47 bits per heavy atom. The fourth-order valence-electron chi connectivity index (χ4n) is 2.41. The molecule has 1 amide bonds. The second kappa shape index (κ2) is 6.36. The zero-order valence-electron chi connectivity index (χ0n) is 11.3. The molecule has 1 atom stereocenters. The molecule has 0 aromatic rings. The van der Waals surface area contributed by atoms with Gasteiger partial charge in [0, 0.05) is 19.1 Å². The predicted octanol–water partition coefficient (Wildman–Crippen LogP) is 1.44. The van der Waals surface area contributed by atoms with Crippen molar-refractivity contribution in [3.8, 4) is 0 Å². The van der Waals surface area contributed by atoms with Crippen LogP contribution < -0.4 is 11.1 Å². The molecule has 0 radical (unpaired) electrons. The lowest BCUT2D eigenvalue weighted by Crippen LogP contribution is -2.47. The number of methoxy groups -OCH3 is 1. The van der Waals surface area contributed by atoms with Gasteiger partial charge in [-0.15, -0.1) is 0 Å². The van der Waals surface area contributed by atoms with Crippen LogP contribution in [0.2, 0.25) is 0 Å². The second-order valence-corrected chi connectivity index (χ2v) is 5.62. The van der Waals surface area contributed by atoms with Gasteiger partial charge in [0.15, 0.2) is 0 Å². The molecular formula is C13H26N2O2. The van der Waals surface area contributed by atoms with Crippen molar-refractivity contribution in [2.24, 2.45) is 11.7 Å². The average molecular weight is 242 g/mol. The summed E-state index contributed by atoms with van der Waals surface area (Å²) in [6.45, 7) is 4.72. The van der Waals surface area contributed by atoms with E-state index in [1.54, 1.807) is 7.11 Å². The number of amides is 1. The van der Waals surface area contributed by atoms with Crippen LogP contribution in [0.1, 0.15) is 46.0 Å². The van der Waals surface area contributed by atoms with E-state index < -0.39 is 0 Å². The van der Waals surface area contributed by atoms with Crippen LogP contribution >= 0.6 is 0 Å². The van der Waals surface area contributed by atoms with Crippen LogP contribution in [-0.2, 0) is 9.53 Å². The quantitative estimate of drug-likeness (QED) is 0.740. The Bertz CT molecular complexity index is 248. The van der Waals surface area contributed by atoms with E-state index in [0.717, 1.165) is 25.7 Å². The number of carbonyl (C=O) groups is 1. The Labute approximate surface area is 104 Å². The summed E-state index contributed by atoms with van der Waals surface area (Å²) in [5.41, 5.74) is 5.93. The SMILES string of the molecule is COCC(NC(=O)CC1(N)CCCC1)C(C)C. The Kier molecular flexibility index (Phi) is 5.40. The Morgan fingerprint density at radius 2 is 2.00 bits per heavy atom. The fraction of sp³-hybridized carbons (Fsp3) is 0.923. The van der Waals surface area contributed by atoms with Crippen molar-refractivity contribution in [3.63, 3.8) is 0 Å². The van der Waals surface area contributed by atoms with E-state index in [-0.39, 0.29) is 17.5 Å². The summed E-state index contributed by atoms with van der Waals surface area (Å²) in [6, 6.07) is 0.0810. The summed E-state index contributed by atoms with van der Waals surface area (Å²) in [5.74, 6) is 0.432. The van der Waals surface area contributed by atoms with E-state index in [9.17, 15) is 4.79 Å². The van der Waals surface area contributed by atoms with E-state index in [1.807, 2.05) is 0 Å². The minimum absolute atomic E-state index is 0.0603. The van der Waals surface area contributed by atoms with E-state index in [2.05, 4.69) is 19.2 Å². The van der Waals surface area contributed by atoms with E-state index in [1.165, 1.54) is 0 Å². The first kappa shape index (κ1) is 14.5. The van der Waals surface area contributed by atoms with Crippen molar-refractivity contribution in [3.05, 3.63) is 0 Å². The van der Waals surface area contributed by atoms with Gasteiger partial charge in [-0.25, -0.2) is 0 Å². The first-order valence-electron chi connectivity index (χ1n) is 6.54. The van der Waals surface area contributed by atoms with Crippen LogP contribution in [0, 0.1) is 5.92 Å². The normalized spacial score (nSPS) is 20.5. The molecule has 1 fully saturated rings. The van der Waals surface area contributed by atoms with Gasteiger partial charge in [0.25, 0.3) is 0 Å². The van der Waals surface area contributed by atoms with Gasteiger partial charge in [-0.1, -0.05) is 26.7 Å². The lowest BCUT2D eigenvalue weighted by molar-refractivity contribution is -0.123. The molecule has 0 spiro atoms. The van der Waals surface area contributed by atoms with Gasteiger partial charge in [0.1, 0.15) is 0 Å². The summed E-state index contributed by atoms with van der Waals surface area (Å²) < 4.78 is 5.12. The molecule has 0 aliphatic heterocycles. The second-order valence-electron chi connectivity index (χ2n) is 5.62. The highest BCUT2D eigenvalue weighted by Gasteiger charge is 2.32. The molecule has 1 aliphatic carbocycles. The van der Waals surface area contributed by atoms with Crippen LogP contribution in [0.15, 0.2) is 0 Å². The minimum Gasteiger partial charge on any atom is -0.383 e. The van der Waals surface area contributed by atoms with E-state index in [4.69, 9.17) is 10.5 Å². The standard InChI is InChI=1S/C13H26N2O2/c1-10(2)11(9-17-3)15-12(16)8-13(14)6-4-5-7-13/h10-11H,4-9,14H2,1-3H3,(H,15,16). The van der Waals surface area contributed by atoms with Crippen LogP contribution in [0.25, 0.3) is 0 Å². The van der Waals surface area contributed by atoms with Gasteiger partial charge in [-0.2, -0.15) is 0 Å². The van der Waals surface area contributed by atoms with Gasteiger partial charge in [-0.3, -0.25) is 4.79 Å². The highest BCUT2D eigenvalue weighted by molar-refractivity contribution is 5.77. The molecule has 4 heteroatoms. The number of ether oxygens (including phenoxy) is 1. The smallest absolute Gasteiger partial charge is 0.222 e. The molecule has 0 aromatic heterocycles. The third-order valence-electron chi connectivity index (χ3n) is 3.61. The number of carbonyl (C=O) groups excluding carboxylic acids is 1. The van der Waals surface area contributed by atoms with Crippen LogP contribution in [-0.4, -0.2) is 31.2 Å². The molecule has 1 saturated carbocycles. The zero-order valence-corrected chi connectivity index (χ0v) is 11.3. The summed E-state index contributed by atoms with van der Waals surface area (Å²) in [5, 5.41) is 3.03. The molecule has 0 saturated heterocycles. The van der Waals surface area contributed by atoms with Gasteiger partial charge in [-0.05, 0) is 18.8 Å². The maximum Gasteiger partial charge on any atom is 0.222 e. The monoisotopic (exact) mass is 242 g/mol. The lowest BCUT2D eigenvalue weighted by atomic mass is 9.94. The van der Waals surface area contributed by atoms with E-state index in [0.29, 0.717) is 18.9 Å². The average Bonchev–Trinajstić information content (AvgIpc) is 2.63. The van der Waals surface area contributed by atoms with E-state index >= 15 is 0 Å². The third kappa shape index (κ3) is 4.64. The topological polar surface area (TPSA) is 64.3 Å². The van der Waals surface area contributed by atoms with Crippen LogP contribution in [0.4, 0.5) is 0 Å². The number of nitrogens with one attached hydrogen (secondary N) is 1. The largest absolute Gasteiger partial charge is 0.383 e. The molecule has 1 rings (SSSR count). The maximum atomic E-state index is 11.9. The summed E-state index contributed by atoms with van der Waals surface area (Å²) in [6.07, 6.45) is 4.68. The molecule has 100 valence electrons. The fourth-order valence-corrected chi connectivity index (χ4v) is 2.41. The van der Waals surface area contributed by atoms with Crippen molar-refractivity contribution in [2.75, 3.05) is 13.7 Å². The number of hydrogen-bond acceptors (Lipinski definition) is 3. The maximum absolute atomic E-state index is 11.9. The molecule has 0 bridgehead atoms. The van der Waals surface area contributed by atoms with Gasteiger partial charge in [0.2, 0.25) is 5.91 Å². The summed E-state index contributed by atoms with van der Waals surface area (Å²) in [4.78, 5) is 11.9. The van der Waals surface area contributed by atoms with Gasteiger partial charge in [0.05, 0.1) is 12.6 Å². The lowest BCUT2D eigenvalue weighted by Gasteiger charge is -2.26. The zero-order chi connectivity index (χ0) is 12.9. The highest BCUT2D eigenvalue weighted by atomic mass is 16.5. The van der Waals surface area contributed by atoms with Crippen molar-refractivity contribution in [1.29, 1.82) is 0 Å². The van der Waals surface area contributed by atoms with Crippen molar-refractivity contribution in [2.45, 2.75) is 57.5 Å². The van der Waals surface area contributed by atoms with Gasteiger partial charge >= 0.3 is 0 Å². The predicted molar refractivity (Wildman–Crippen MR) is 68.6 cm³/mol. The molecule has 0 aromatic carbocycles. The first-order valence-corrected chi connectivity index (χ1v) is 6.54. The third-order valence-corrected chi connectivity index (χ3v) is 3.61. The molecular weight excluding hydrogens is 216 g/mol. The molecule has 4 nitrogen and oxygen atoms in total. The Morgan fingerprint density at radius 1 is 1.41 bits per heavy atom. The van der Waals surface area contributed by atoms with Crippen LogP contribution in [0.3, 0.4) is 0 Å².